The molecular formula is C29H25F. The first-order chi connectivity index (χ1) is 14.7. The first kappa shape index (κ1) is 19.9. The normalized spacial score (nSPS) is 10.6. The molecule has 148 valence electrons. The molecular weight excluding hydrogens is 367 g/mol. The summed E-state index contributed by atoms with van der Waals surface area (Å²) in [6.45, 7) is 4.30. The van der Waals surface area contributed by atoms with Gasteiger partial charge in [0.2, 0.25) is 0 Å². The summed E-state index contributed by atoms with van der Waals surface area (Å²) in [6.07, 6.45) is 3.18. The van der Waals surface area contributed by atoms with Crippen LogP contribution >= 0.6 is 0 Å². The van der Waals surface area contributed by atoms with Gasteiger partial charge in [0, 0.05) is 22.1 Å². The van der Waals surface area contributed by atoms with Crippen LogP contribution in [0.2, 0.25) is 0 Å². The quantitative estimate of drug-likeness (QED) is 0.314. The van der Waals surface area contributed by atoms with Gasteiger partial charge in [-0.3, -0.25) is 0 Å². The molecule has 4 aromatic rings. The van der Waals surface area contributed by atoms with Crippen LogP contribution in [0.1, 0.15) is 42.5 Å². The summed E-state index contributed by atoms with van der Waals surface area (Å²) >= 11 is 0. The van der Waals surface area contributed by atoms with E-state index >= 15 is 4.39 Å². The molecule has 0 aromatic heterocycles. The minimum atomic E-state index is -0.176. The molecule has 30 heavy (non-hydrogen) atoms. The molecule has 0 atom stereocenters. The molecule has 0 radical (unpaired) electrons. The van der Waals surface area contributed by atoms with Gasteiger partial charge in [0.1, 0.15) is 5.82 Å². The van der Waals surface area contributed by atoms with E-state index in [2.05, 4.69) is 50.0 Å². The number of hydrogen-bond donors (Lipinski definition) is 0. The van der Waals surface area contributed by atoms with Crippen LogP contribution in [0, 0.1) is 17.7 Å². The fourth-order valence-corrected chi connectivity index (χ4v) is 3.70. The molecule has 0 aliphatic heterocycles. The van der Waals surface area contributed by atoms with E-state index in [1.54, 1.807) is 0 Å². The van der Waals surface area contributed by atoms with Gasteiger partial charge in [-0.2, -0.15) is 0 Å². The van der Waals surface area contributed by atoms with Gasteiger partial charge in [0.05, 0.1) is 0 Å². The Balaban J connectivity index is 1.63. The molecule has 0 amide bonds. The first-order valence-electron chi connectivity index (χ1n) is 10.6. The summed E-state index contributed by atoms with van der Waals surface area (Å²) in [5.41, 5.74) is 6.01. The van der Waals surface area contributed by atoms with Gasteiger partial charge in [-0.25, -0.2) is 4.39 Å². The van der Waals surface area contributed by atoms with Crippen LogP contribution in [0.4, 0.5) is 4.39 Å². The minimum absolute atomic E-state index is 0.176. The van der Waals surface area contributed by atoms with Gasteiger partial charge in [0.15, 0.2) is 0 Å². The van der Waals surface area contributed by atoms with E-state index in [1.807, 2.05) is 54.6 Å². The highest BCUT2D eigenvalue weighted by Gasteiger charge is 2.10. The van der Waals surface area contributed by atoms with Gasteiger partial charge in [0.25, 0.3) is 0 Å². The lowest BCUT2D eigenvalue weighted by molar-refractivity contribution is 0.643. The van der Waals surface area contributed by atoms with E-state index in [4.69, 9.17) is 0 Å². The predicted octanol–water partition coefficient (Wildman–Crippen LogP) is 7.56. The third-order valence-corrected chi connectivity index (χ3v) is 5.47. The van der Waals surface area contributed by atoms with Gasteiger partial charge >= 0.3 is 0 Å². The van der Waals surface area contributed by atoms with Crippen LogP contribution in [0.25, 0.3) is 21.9 Å². The molecule has 0 unspecified atom stereocenters. The molecule has 0 heterocycles. The Kier molecular flexibility index (Phi) is 5.96. The average molecular weight is 393 g/mol. The summed E-state index contributed by atoms with van der Waals surface area (Å²) < 4.78 is 15.2. The molecule has 0 saturated heterocycles. The second-order valence-corrected chi connectivity index (χ2v) is 7.61. The van der Waals surface area contributed by atoms with E-state index in [-0.39, 0.29) is 5.82 Å². The third-order valence-electron chi connectivity index (χ3n) is 5.47. The topological polar surface area (TPSA) is 0 Å². The van der Waals surface area contributed by atoms with Crippen LogP contribution in [-0.4, -0.2) is 0 Å². The highest BCUT2D eigenvalue weighted by molar-refractivity contribution is 5.89. The van der Waals surface area contributed by atoms with Crippen LogP contribution in [0.3, 0.4) is 0 Å². The molecule has 4 aromatic carbocycles. The summed E-state index contributed by atoms with van der Waals surface area (Å²) in [4.78, 5) is 0. The maximum absolute atomic E-state index is 15.2. The Morgan fingerprint density at radius 1 is 0.700 bits per heavy atom. The molecule has 0 bridgehead atoms. The lowest BCUT2D eigenvalue weighted by atomic mass is 9.97. The standard InChI is InChI=1S/C29H25F/c1-3-5-22-12-15-25(16-13-22)27-19-17-26-20-24(14-18-28(26)29(27)30)11-10-23-8-6-21(4-2)7-9-23/h6-9,12-20H,3-5H2,1-2H3. The maximum atomic E-state index is 15.2. The van der Waals surface area contributed by atoms with Gasteiger partial charge in [-0.15, -0.1) is 0 Å². The highest BCUT2D eigenvalue weighted by Crippen LogP contribution is 2.29. The zero-order valence-corrected chi connectivity index (χ0v) is 17.5. The first-order valence-corrected chi connectivity index (χ1v) is 10.6. The van der Waals surface area contributed by atoms with Crippen molar-refractivity contribution in [3.8, 4) is 23.0 Å². The van der Waals surface area contributed by atoms with Crippen LogP contribution in [-0.2, 0) is 12.8 Å². The number of benzene rings is 4. The van der Waals surface area contributed by atoms with Crippen molar-refractivity contribution in [1.29, 1.82) is 0 Å². The maximum Gasteiger partial charge on any atom is 0.138 e. The van der Waals surface area contributed by atoms with Crippen molar-refractivity contribution in [2.45, 2.75) is 33.1 Å². The Morgan fingerprint density at radius 2 is 1.37 bits per heavy atom. The molecule has 0 nitrogen and oxygen atoms in total. The second-order valence-electron chi connectivity index (χ2n) is 7.61. The van der Waals surface area contributed by atoms with E-state index in [0.717, 1.165) is 41.3 Å². The Morgan fingerprint density at radius 3 is 2.07 bits per heavy atom. The molecule has 0 spiro atoms. The second kappa shape index (κ2) is 8.97. The number of hydrogen-bond acceptors (Lipinski definition) is 0. The van der Waals surface area contributed by atoms with Crippen molar-refractivity contribution in [3.63, 3.8) is 0 Å². The van der Waals surface area contributed by atoms with Crippen molar-refractivity contribution in [2.24, 2.45) is 0 Å². The highest BCUT2D eigenvalue weighted by atomic mass is 19.1. The number of halogens is 1. The molecule has 0 aliphatic rings. The zero-order valence-electron chi connectivity index (χ0n) is 17.5. The van der Waals surface area contributed by atoms with Crippen molar-refractivity contribution in [3.05, 3.63) is 107 Å². The Bertz CT molecular complexity index is 1220. The lowest BCUT2D eigenvalue weighted by Gasteiger charge is -2.08. The SMILES string of the molecule is CCCc1ccc(-c2ccc3cc(C#Cc4ccc(CC)cc4)ccc3c2F)cc1. The van der Waals surface area contributed by atoms with E-state index < -0.39 is 0 Å². The summed E-state index contributed by atoms with van der Waals surface area (Å²) in [7, 11) is 0. The largest absolute Gasteiger partial charge is 0.206 e. The molecule has 0 saturated carbocycles. The zero-order chi connectivity index (χ0) is 20.9. The molecule has 0 N–H and O–H groups in total. The van der Waals surface area contributed by atoms with Crippen molar-refractivity contribution >= 4 is 10.8 Å². The van der Waals surface area contributed by atoms with Gasteiger partial charge in [-0.1, -0.05) is 86.7 Å². The summed E-state index contributed by atoms with van der Waals surface area (Å²) in [6, 6.07) is 26.1. The Hall–Kier alpha value is -3.37. The average Bonchev–Trinajstić information content (AvgIpc) is 2.79. The minimum Gasteiger partial charge on any atom is -0.206 e. The predicted molar refractivity (Wildman–Crippen MR) is 125 cm³/mol. The fraction of sp³-hybridized carbons (Fsp3) is 0.172. The van der Waals surface area contributed by atoms with Crippen LogP contribution in [0.5, 0.6) is 0 Å². The smallest absolute Gasteiger partial charge is 0.138 e. The fourth-order valence-electron chi connectivity index (χ4n) is 3.70. The number of rotatable bonds is 4. The van der Waals surface area contributed by atoms with Crippen LogP contribution < -0.4 is 0 Å². The Labute approximate surface area is 178 Å². The summed E-state index contributed by atoms with van der Waals surface area (Å²) in [5.74, 6) is 6.23. The summed E-state index contributed by atoms with van der Waals surface area (Å²) in [5, 5.41) is 1.50. The van der Waals surface area contributed by atoms with Crippen molar-refractivity contribution in [2.75, 3.05) is 0 Å². The van der Waals surface area contributed by atoms with Crippen LogP contribution in [0.15, 0.2) is 78.9 Å². The van der Waals surface area contributed by atoms with E-state index in [1.165, 1.54) is 11.1 Å². The molecule has 0 aliphatic carbocycles. The van der Waals surface area contributed by atoms with Gasteiger partial charge < -0.3 is 0 Å². The molecule has 1 heteroatoms. The monoisotopic (exact) mass is 392 g/mol. The van der Waals surface area contributed by atoms with Gasteiger partial charge in [-0.05, 0) is 59.2 Å². The molecule has 0 fully saturated rings. The molecule has 4 rings (SSSR count). The van der Waals surface area contributed by atoms with E-state index in [9.17, 15) is 0 Å². The van der Waals surface area contributed by atoms with Crippen molar-refractivity contribution < 1.29 is 4.39 Å². The van der Waals surface area contributed by atoms with E-state index in [0.29, 0.717) is 10.9 Å². The number of aryl methyl sites for hydroxylation is 2. The van der Waals surface area contributed by atoms with Crippen molar-refractivity contribution in [1.82, 2.24) is 0 Å². The lowest BCUT2D eigenvalue weighted by Crippen LogP contribution is -1.89. The number of fused-ring (bicyclic) bond motifs is 1. The third kappa shape index (κ3) is 4.29.